The van der Waals surface area contributed by atoms with Gasteiger partial charge in [-0.05, 0) is 29.2 Å². The molecular weight excluding hydrogens is 302 g/mol. The lowest BCUT2D eigenvalue weighted by Crippen LogP contribution is -2.42. The van der Waals surface area contributed by atoms with Crippen molar-refractivity contribution >= 4 is 17.6 Å². The first-order valence-electron chi connectivity index (χ1n) is 7.95. The Morgan fingerprint density at radius 1 is 0.875 bits per heavy atom. The number of carbonyl (C=O) groups excluding carboxylic acids is 2. The van der Waals surface area contributed by atoms with E-state index in [-0.39, 0.29) is 0 Å². The molecule has 2 rings (SSSR count). The monoisotopic (exact) mass is 325 g/mol. The van der Waals surface area contributed by atoms with Crippen molar-refractivity contribution < 1.29 is 9.59 Å². The first-order chi connectivity index (χ1) is 11.5. The van der Waals surface area contributed by atoms with Crippen molar-refractivity contribution in [2.45, 2.75) is 25.8 Å². The summed E-state index contributed by atoms with van der Waals surface area (Å²) < 4.78 is 0. The van der Waals surface area contributed by atoms with E-state index >= 15 is 0 Å². The summed E-state index contributed by atoms with van der Waals surface area (Å²) in [4.78, 5) is 23.9. The molecule has 5 nitrogen and oxygen atoms in total. The van der Waals surface area contributed by atoms with E-state index in [4.69, 9.17) is 0 Å². The predicted molar refractivity (Wildman–Crippen MR) is 95.9 cm³/mol. The Morgan fingerprint density at radius 2 is 1.50 bits per heavy atom. The summed E-state index contributed by atoms with van der Waals surface area (Å²) in [5, 5.41) is 7.91. The van der Waals surface area contributed by atoms with E-state index in [1.54, 1.807) is 0 Å². The molecule has 2 aromatic carbocycles. The van der Waals surface area contributed by atoms with Crippen LogP contribution in [-0.4, -0.2) is 19.0 Å². The number of benzene rings is 2. The lowest BCUT2D eigenvalue weighted by atomic mass is 10.0. The van der Waals surface area contributed by atoms with Gasteiger partial charge in [-0.3, -0.25) is 10.1 Å². The van der Waals surface area contributed by atoms with Gasteiger partial charge >= 0.3 is 6.03 Å². The van der Waals surface area contributed by atoms with Gasteiger partial charge in [0.15, 0.2) is 0 Å². The number of hydrogen-bond donors (Lipinski definition) is 3. The third kappa shape index (κ3) is 4.59. The zero-order chi connectivity index (χ0) is 17.5. The van der Waals surface area contributed by atoms with Gasteiger partial charge in [0.2, 0.25) is 0 Å². The Balaban J connectivity index is 2.22. The van der Waals surface area contributed by atoms with Crippen LogP contribution >= 0.6 is 0 Å². The SMILES string of the molecule is CNC(=O)NC(=O)[C@@H](Nc1ccc(C(C)C)cc1)c1ccccc1. The summed E-state index contributed by atoms with van der Waals surface area (Å²) in [6.07, 6.45) is 0. The Labute approximate surface area is 142 Å². The molecule has 24 heavy (non-hydrogen) atoms. The Bertz CT molecular complexity index is 682. The van der Waals surface area contributed by atoms with Crippen molar-refractivity contribution in [1.29, 1.82) is 0 Å². The van der Waals surface area contributed by atoms with Gasteiger partial charge < -0.3 is 10.6 Å². The quantitative estimate of drug-likeness (QED) is 0.789. The van der Waals surface area contributed by atoms with E-state index < -0.39 is 18.0 Å². The first-order valence-corrected chi connectivity index (χ1v) is 7.95. The Kier molecular flexibility index (Phi) is 5.95. The molecule has 0 spiro atoms. The minimum Gasteiger partial charge on any atom is -0.370 e. The first kappa shape index (κ1) is 17.5. The highest BCUT2D eigenvalue weighted by Gasteiger charge is 2.22. The fourth-order valence-corrected chi connectivity index (χ4v) is 2.32. The average Bonchev–Trinajstić information content (AvgIpc) is 2.60. The lowest BCUT2D eigenvalue weighted by molar-refractivity contribution is -0.120. The zero-order valence-corrected chi connectivity index (χ0v) is 14.2. The van der Waals surface area contributed by atoms with Gasteiger partial charge in [0, 0.05) is 12.7 Å². The van der Waals surface area contributed by atoms with Crippen molar-refractivity contribution in [2.75, 3.05) is 12.4 Å². The number of hydrogen-bond acceptors (Lipinski definition) is 3. The summed E-state index contributed by atoms with van der Waals surface area (Å²) in [6, 6.07) is 16.1. The van der Waals surface area contributed by atoms with Crippen molar-refractivity contribution in [3.8, 4) is 0 Å². The lowest BCUT2D eigenvalue weighted by Gasteiger charge is -2.20. The van der Waals surface area contributed by atoms with E-state index in [0.717, 1.165) is 11.3 Å². The molecular formula is C19H23N3O2. The number of amides is 3. The minimum atomic E-state index is -0.659. The number of imide groups is 1. The van der Waals surface area contributed by atoms with Crippen molar-refractivity contribution in [1.82, 2.24) is 10.6 Å². The largest absolute Gasteiger partial charge is 0.370 e. The van der Waals surface area contributed by atoms with Gasteiger partial charge in [-0.2, -0.15) is 0 Å². The molecule has 0 heterocycles. The van der Waals surface area contributed by atoms with Crippen LogP contribution in [-0.2, 0) is 4.79 Å². The normalized spacial score (nSPS) is 11.7. The Morgan fingerprint density at radius 3 is 2.04 bits per heavy atom. The fraction of sp³-hybridized carbons (Fsp3) is 0.263. The molecule has 0 unspecified atom stereocenters. The topological polar surface area (TPSA) is 70.2 Å². The summed E-state index contributed by atoms with van der Waals surface area (Å²) >= 11 is 0. The molecule has 0 aliphatic carbocycles. The molecule has 0 saturated heterocycles. The minimum absolute atomic E-state index is 0.409. The highest BCUT2D eigenvalue weighted by atomic mass is 16.2. The van der Waals surface area contributed by atoms with Gasteiger partial charge in [0.25, 0.3) is 5.91 Å². The summed E-state index contributed by atoms with van der Waals surface area (Å²) in [6.45, 7) is 4.26. The van der Waals surface area contributed by atoms with E-state index in [9.17, 15) is 9.59 Å². The molecule has 0 aromatic heterocycles. The van der Waals surface area contributed by atoms with Crippen LogP contribution in [0.15, 0.2) is 54.6 Å². The standard InChI is InChI=1S/C19H23N3O2/c1-13(2)14-9-11-16(12-10-14)21-17(15-7-5-4-6-8-15)18(23)22-19(24)20-3/h4-13,17,21H,1-3H3,(H2,20,22,23,24)/t17-/m0/s1. The molecule has 0 radical (unpaired) electrons. The number of rotatable bonds is 5. The number of anilines is 1. The summed E-state index contributed by atoms with van der Waals surface area (Å²) in [5.41, 5.74) is 2.83. The van der Waals surface area contributed by atoms with Gasteiger partial charge in [0.1, 0.15) is 6.04 Å². The zero-order valence-electron chi connectivity index (χ0n) is 14.2. The number of urea groups is 1. The maximum absolute atomic E-state index is 12.5. The second-order valence-electron chi connectivity index (χ2n) is 5.83. The molecule has 0 bridgehead atoms. The van der Waals surface area contributed by atoms with Crippen molar-refractivity contribution in [3.63, 3.8) is 0 Å². The number of nitrogens with one attached hydrogen (secondary N) is 3. The van der Waals surface area contributed by atoms with E-state index in [1.807, 2.05) is 54.6 Å². The van der Waals surface area contributed by atoms with E-state index in [1.165, 1.54) is 12.6 Å². The van der Waals surface area contributed by atoms with Gasteiger partial charge in [-0.25, -0.2) is 4.79 Å². The molecule has 0 aliphatic rings. The average molecular weight is 325 g/mol. The van der Waals surface area contributed by atoms with Crippen LogP contribution < -0.4 is 16.0 Å². The highest BCUT2D eigenvalue weighted by molar-refractivity contribution is 5.98. The smallest absolute Gasteiger partial charge is 0.321 e. The van der Waals surface area contributed by atoms with Crippen molar-refractivity contribution in [2.24, 2.45) is 0 Å². The molecule has 0 saturated carbocycles. The van der Waals surface area contributed by atoms with Crippen molar-refractivity contribution in [3.05, 3.63) is 65.7 Å². The molecule has 3 N–H and O–H groups in total. The molecule has 1 atom stereocenters. The number of carbonyl (C=O) groups is 2. The van der Waals surface area contributed by atoms with Crippen LogP contribution in [0.4, 0.5) is 10.5 Å². The second-order valence-corrected chi connectivity index (χ2v) is 5.83. The molecule has 3 amide bonds. The molecule has 0 aliphatic heterocycles. The molecule has 5 heteroatoms. The maximum Gasteiger partial charge on any atom is 0.321 e. The van der Waals surface area contributed by atoms with Gasteiger partial charge in [0.05, 0.1) is 0 Å². The predicted octanol–water partition coefficient (Wildman–Crippen LogP) is 3.42. The third-order valence-electron chi connectivity index (χ3n) is 3.75. The van der Waals surface area contributed by atoms with Crippen LogP contribution in [0.3, 0.4) is 0 Å². The van der Waals surface area contributed by atoms with Crippen LogP contribution in [0.1, 0.15) is 36.9 Å². The van der Waals surface area contributed by atoms with E-state index in [0.29, 0.717) is 5.92 Å². The second kappa shape index (κ2) is 8.15. The van der Waals surface area contributed by atoms with E-state index in [2.05, 4.69) is 29.8 Å². The Hall–Kier alpha value is -2.82. The third-order valence-corrected chi connectivity index (χ3v) is 3.75. The maximum atomic E-state index is 12.5. The molecule has 0 fully saturated rings. The van der Waals surface area contributed by atoms with Crippen LogP contribution in [0.5, 0.6) is 0 Å². The van der Waals surface area contributed by atoms with Crippen LogP contribution in [0, 0.1) is 0 Å². The fourth-order valence-electron chi connectivity index (χ4n) is 2.32. The van der Waals surface area contributed by atoms with Gasteiger partial charge in [-0.1, -0.05) is 56.3 Å². The van der Waals surface area contributed by atoms with Gasteiger partial charge in [-0.15, -0.1) is 0 Å². The highest BCUT2D eigenvalue weighted by Crippen LogP contribution is 2.22. The molecule has 2 aromatic rings. The van der Waals surface area contributed by atoms with Crippen LogP contribution in [0.25, 0.3) is 0 Å². The summed E-state index contributed by atoms with van der Waals surface area (Å²) in [7, 11) is 1.47. The molecule has 126 valence electrons. The summed E-state index contributed by atoms with van der Waals surface area (Å²) in [5.74, 6) is 0.0361. The van der Waals surface area contributed by atoms with Crippen LogP contribution in [0.2, 0.25) is 0 Å².